The lowest BCUT2D eigenvalue weighted by atomic mass is 9.92. The van der Waals surface area contributed by atoms with E-state index in [1.54, 1.807) is 45.0 Å². The van der Waals surface area contributed by atoms with Gasteiger partial charge >= 0.3 is 12.1 Å². The number of imide groups is 2. The standard InChI is InChI=1S/C16H19BrN4O4/c1-9(2)18-14(24)19-12(22)8-21-13(23)16(3,20-15(21)25)10-5-4-6-11(17)7-10/h4-7,9H,8H2,1-3H3,(H,20,25)(H2,18,19,22,24)/t16-/m0/s1. The molecule has 3 N–H and O–H groups in total. The molecule has 134 valence electrons. The van der Waals surface area contributed by atoms with Crippen molar-refractivity contribution in [2.75, 3.05) is 6.54 Å². The highest BCUT2D eigenvalue weighted by Crippen LogP contribution is 2.30. The number of carbonyl (C=O) groups is 4. The number of hydrogen-bond donors (Lipinski definition) is 3. The molecule has 0 aromatic heterocycles. The van der Waals surface area contributed by atoms with Gasteiger partial charge in [0.2, 0.25) is 5.91 Å². The molecule has 0 saturated carbocycles. The molecule has 0 radical (unpaired) electrons. The molecule has 1 saturated heterocycles. The average Bonchev–Trinajstić information content (AvgIpc) is 2.71. The van der Waals surface area contributed by atoms with E-state index in [0.29, 0.717) is 5.56 Å². The molecule has 1 aliphatic heterocycles. The molecule has 9 heteroatoms. The Kier molecular flexibility index (Phi) is 5.46. The highest BCUT2D eigenvalue weighted by molar-refractivity contribution is 9.10. The minimum absolute atomic E-state index is 0.149. The van der Waals surface area contributed by atoms with Gasteiger partial charge in [0, 0.05) is 10.5 Å². The van der Waals surface area contributed by atoms with Crippen molar-refractivity contribution in [1.82, 2.24) is 20.9 Å². The normalized spacial score (nSPS) is 19.8. The Morgan fingerprint density at radius 2 is 2.00 bits per heavy atom. The fraction of sp³-hybridized carbons (Fsp3) is 0.375. The van der Waals surface area contributed by atoms with E-state index in [2.05, 4.69) is 31.9 Å². The lowest BCUT2D eigenvalue weighted by molar-refractivity contribution is -0.134. The molecule has 6 amide bonds. The van der Waals surface area contributed by atoms with Gasteiger partial charge in [-0.1, -0.05) is 28.1 Å². The Labute approximate surface area is 153 Å². The lowest BCUT2D eigenvalue weighted by Gasteiger charge is -2.22. The van der Waals surface area contributed by atoms with E-state index in [9.17, 15) is 19.2 Å². The predicted molar refractivity (Wildman–Crippen MR) is 93.5 cm³/mol. The van der Waals surface area contributed by atoms with Gasteiger partial charge in [0.1, 0.15) is 12.1 Å². The van der Waals surface area contributed by atoms with Gasteiger partial charge in [-0.3, -0.25) is 19.8 Å². The lowest BCUT2D eigenvalue weighted by Crippen LogP contribution is -2.48. The molecule has 1 aromatic rings. The predicted octanol–water partition coefficient (Wildman–Crippen LogP) is 1.45. The van der Waals surface area contributed by atoms with Gasteiger partial charge in [-0.05, 0) is 38.5 Å². The second-order valence-electron chi connectivity index (χ2n) is 6.13. The van der Waals surface area contributed by atoms with Crippen LogP contribution >= 0.6 is 15.9 Å². The quantitative estimate of drug-likeness (QED) is 0.652. The van der Waals surface area contributed by atoms with Gasteiger partial charge in [0.05, 0.1) is 0 Å². The van der Waals surface area contributed by atoms with Gasteiger partial charge < -0.3 is 10.6 Å². The van der Waals surface area contributed by atoms with E-state index in [4.69, 9.17) is 0 Å². The second kappa shape index (κ2) is 7.22. The van der Waals surface area contributed by atoms with E-state index in [1.807, 2.05) is 0 Å². The number of nitrogens with one attached hydrogen (secondary N) is 3. The van der Waals surface area contributed by atoms with Crippen LogP contribution in [0.25, 0.3) is 0 Å². The van der Waals surface area contributed by atoms with Gasteiger partial charge in [-0.2, -0.15) is 0 Å². The van der Waals surface area contributed by atoms with Crippen LogP contribution in [0.3, 0.4) is 0 Å². The summed E-state index contributed by atoms with van der Waals surface area (Å²) in [6.07, 6.45) is 0. The van der Waals surface area contributed by atoms with Crippen LogP contribution in [0.4, 0.5) is 9.59 Å². The molecule has 0 aliphatic carbocycles. The topological polar surface area (TPSA) is 108 Å². The first kappa shape index (κ1) is 18.9. The average molecular weight is 411 g/mol. The third kappa shape index (κ3) is 4.16. The molecule has 1 fully saturated rings. The van der Waals surface area contributed by atoms with Crippen molar-refractivity contribution >= 4 is 39.8 Å². The van der Waals surface area contributed by atoms with Crippen molar-refractivity contribution in [2.24, 2.45) is 0 Å². The number of hydrogen-bond acceptors (Lipinski definition) is 4. The third-order valence-corrected chi connectivity index (χ3v) is 4.14. The van der Waals surface area contributed by atoms with Crippen molar-refractivity contribution in [3.63, 3.8) is 0 Å². The van der Waals surface area contributed by atoms with Crippen LogP contribution in [0, 0.1) is 0 Å². The molecule has 1 aliphatic rings. The smallest absolute Gasteiger partial charge is 0.325 e. The van der Waals surface area contributed by atoms with Crippen LogP contribution in [0.1, 0.15) is 26.3 Å². The first-order valence-corrected chi connectivity index (χ1v) is 8.43. The summed E-state index contributed by atoms with van der Waals surface area (Å²) in [7, 11) is 0. The van der Waals surface area contributed by atoms with E-state index < -0.39 is 36.0 Å². The number of amides is 6. The molecule has 1 heterocycles. The molecule has 25 heavy (non-hydrogen) atoms. The van der Waals surface area contributed by atoms with Gasteiger partial charge in [0.15, 0.2) is 0 Å². The van der Waals surface area contributed by atoms with Crippen LogP contribution in [0.5, 0.6) is 0 Å². The monoisotopic (exact) mass is 410 g/mol. The molecule has 0 spiro atoms. The molecule has 1 aromatic carbocycles. The Morgan fingerprint density at radius 3 is 2.60 bits per heavy atom. The largest absolute Gasteiger partial charge is 0.336 e. The Balaban J connectivity index is 2.11. The zero-order valence-electron chi connectivity index (χ0n) is 14.1. The van der Waals surface area contributed by atoms with Crippen LogP contribution in [-0.4, -0.2) is 41.4 Å². The summed E-state index contributed by atoms with van der Waals surface area (Å²) in [4.78, 5) is 49.1. The van der Waals surface area contributed by atoms with Crippen molar-refractivity contribution in [3.8, 4) is 0 Å². The van der Waals surface area contributed by atoms with Gasteiger partial charge in [-0.25, -0.2) is 9.59 Å². The van der Waals surface area contributed by atoms with Crippen LogP contribution in [0.15, 0.2) is 28.7 Å². The van der Waals surface area contributed by atoms with E-state index >= 15 is 0 Å². The maximum absolute atomic E-state index is 12.7. The van der Waals surface area contributed by atoms with Gasteiger partial charge in [0.25, 0.3) is 5.91 Å². The Hall–Kier alpha value is -2.42. The Morgan fingerprint density at radius 1 is 1.32 bits per heavy atom. The van der Waals surface area contributed by atoms with E-state index in [1.165, 1.54) is 0 Å². The van der Waals surface area contributed by atoms with Crippen LogP contribution < -0.4 is 16.0 Å². The fourth-order valence-electron chi connectivity index (χ4n) is 2.44. The molecule has 2 rings (SSSR count). The third-order valence-electron chi connectivity index (χ3n) is 3.65. The van der Waals surface area contributed by atoms with Crippen molar-refractivity contribution in [1.29, 1.82) is 0 Å². The van der Waals surface area contributed by atoms with Crippen molar-refractivity contribution in [2.45, 2.75) is 32.4 Å². The highest BCUT2D eigenvalue weighted by atomic mass is 79.9. The number of halogens is 1. The molecule has 0 bridgehead atoms. The number of urea groups is 2. The number of carbonyl (C=O) groups excluding carboxylic acids is 4. The number of rotatable bonds is 4. The second-order valence-corrected chi connectivity index (χ2v) is 7.05. The summed E-state index contributed by atoms with van der Waals surface area (Å²) < 4.78 is 0.759. The number of benzene rings is 1. The molecular weight excluding hydrogens is 392 g/mol. The summed E-state index contributed by atoms with van der Waals surface area (Å²) in [6.45, 7) is 4.51. The minimum atomic E-state index is -1.28. The zero-order valence-corrected chi connectivity index (χ0v) is 15.6. The maximum atomic E-state index is 12.7. The summed E-state index contributed by atoms with van der Waals surface area (Å²) in [5, 5.41) is 7.17. The molecule has 8 nitrogen and oxygen atoms in total. The molecule has 0 unspecified atom stereocenters. The first-order valence-electron chi connectivity index (χ1n) is 7.64. The van der Waals surface area contributed by atoms with Crippen LogP contribution in [0.2, 0.25) is 0 Å². The maximum Gasteiger partial charge on any atom is 0.325 e. The summed E-state index contributed by atoms with van der Waals surface area (Å²) in [6, 6.07) is 5.46. The first-order chi connectivity index (χ1) is 11.6. The zero-order chi connectivity index (χ0) is 18.8. The molecular formula is C16H19BrN4O4. The van der Waals surface area contributed by atoms with Gasteiger partial charge in [-0.15, -0.1) is 0 Å². The van der Waals surface area contributed by atoms with E-state index in [-0.39, 0.29) is 6.04 Å². The van der Waals surface area contributed by atoms with E-state index in [0.717, 1.165) is 9.37 Å². The summed E-state index contributed by atoms with van der Waals surface area (Å²) in [5.41, 5.74) is -0.692. The fourth-order valence-corrected chi connectivity index (χ4v) is 2.84. The highest BCUT2D eigenvalue weighted by Gasteiger charge is 2.49. The molecule has 1 atom stereocenters. The minimum Gasteiger partial charge on any atom is -0.336 e. The number of nitrogens with zero attached hydrogens (tertiary/aromatic N) is 1. The van der Waals surface area contributed by atoms with Crippen molar-refractivity contribution in [3.05, 3.63) is 34.3 Å². The Bertz CT molecular complexity index is 737. The van der Waals surface area contributed by atoms with Crippen LogP contribution in [-0.2, 0) is 15.1 Å². The van der Waals surface area contributed by atoms with Crippen molar-refractivity contribution < 1.29 is 19.2 Å². The summed E-state index contributed by atoms with van der Waals surface area (Å²) >= 11 is 3.32. The summed E-state index contributed by atoms with van der Waals surface area (Å²) in [5.74, 6) is -1.31. The SMILES string of the molecule is CC(C)NC(=O)NC(=O)CN1C(=O)N[C@@](C)(c2cccc(Br)c2)C1=O.